The number of aryl methyl sites for hydroxylation is 2. The van der Waals surface area contributed by atoms with Crippen LogP contribution in [0.25, 0.3) is 0 Å². The van der Waals surface area contributed by atoms with Crippen molar-refractivity contribution in [2.75, 3.05) is 5.32 Å². The zero-order valence-corrected chi connectivity index (χ0v) is 10.8. The van der Waals surface area contributed by atoms with Crippen molar-refractivity contribution in [3.05, 3.63) is 16.5 Å². The number of hydrogen-bond donors (Lipinski definition) is 1. The number of nitrogens with zero attached hydrogens (tertiary/aromatic N) is 2. The zero-order valence-electron chi connectivity index (χ0n) is 10.0. The molecule has 0 saturated carbocycles. The van der Waals surface area contributed by atoms with E-state index in [9.17, 15) is 0 Å². The van der Waals surface area contributed by atoms with Gasteiger partial charge in [-0.25, -0.2) is 9.97 Å². The number of aromatic nitrogens is 2. The third-order valence-electron chi connectivity index (χ3n) is 3.69. The van der Waals surface area contributed by atoms with Crippen LogP contribution in [0.4, 0.5) is 5.82 Å². The van der Waals surface area contributed by atoms with Crippen molar-refractivity contribution in [3.63, 3.8) is 0 Å². The third kappa shape index (κ3) is 2.00. The highest BCUT2D eigenvalue weighted by atomic mass is 35.5. The van der Waals surface area contributed by atoms with Crippen LogP contribution in [0.2, 0.25) is 5.15 Å². The van der Waals surface area contributed by atoms with Crippen molar-refractivity contribution in [2.45, 2.75) is 51.4 Å². The summed E-state index contributed by atoms with van der Waals surface area (Å²) in [6.07, 6.45) is 4.12. The molecule has 2 bridgehead atoms. The fourth-order valence-corrected chi connectivity index (χ4v) is 2.86. The number of hydrogen-bond acceptors (Lipinski definition) is 4. The molecule has 1 aromatic rings. The van der Waals surface area contributed by atoms with Gasteiger partial charge in [-0.3, -0.25) is 0 Å². The summed E-state index contributed by atoms with van der Waals surface area (Å²) in [5, 5.41) is 3.83. The Balaban J connectivity index is 1.79. The van der Waals surface area contributed by atoms with Crippen molar-refractivity contribution in [3.8, 4) is 0 Å². The van der Waals surface area contributed by atoms with E-state index in [0.717, 1.165) is 24.2 Å². The van der Waals surface area contributed by atoms with Crippen LogP contribution in [0.1, 0.15) is 30.7 Å². The van der Waals surface area contributed by atoms with Gasteiger partial charge in [0.15, 0.2) is 11.0 Å². The van der Waals surface area contributed by atoms with Crippen LogP contribution in [0.5, 0.6) is 0 Å². The minimum absolute atomic E-state index is 0.319. The fraction of sp³-hybridized carbons (Fsp3) is 0.667. The molecule has 5 heteroatoms. The molecule has 2 aliphatic heterocycles. The lowest BCUT2D eigenvalue weighted by molar-refractivity contribution is 0.102. The molecule has 1 aromatic heterocycles. The van der Waals surface area contributed by atoms with E-state index in [1.54, 1.807) is 0 Å². The van der Waals surface area contributed by atoms with Gasteiger partial charge >= 0.3 is 0 Å². The van der Waals surface area contributed by atoms with Crippen LogP contribution in [-0.4, -0.2) is 28.2 Å². The Morgan fingerprint density at radius 2 is 2.00 bits per heavy atom. The second kappa shape index (κ2) is 4.10. The van der Waals surface area contributed by atoms with E-state index in [1.165, 1.54) is 6.42 Å². The van der Waals surface area contributed by atoms with E-state index >= 15 is 0 Å². The molecule has 2 aliphatic rings. The van der Waals surface area contributed by atoms with Crippen molar-refractivity contribution >= 4 is 17.4 Å². The molecule has 17 heavy (non-hydrogen) atoms. The van der Waals surface area contributed by atoms with Gasteiger partial charge in [0.1, 0.15) is 0 Å². The van der Waals surface area contributed by atoms with E-state index in [4.69, 9.17) is 16.3 Å². The maximum atomic E-state index is 6.11. The van der Waals surface area contributed by atoms with Gasteiger partial charge < -0.3 is 10.1 Å². The summed E-state index contributed by atoms with van der Waals surface area (Å²) in [7, 11) is 0. The molecule has 1 N–H and O–H groups in total. The summed E-state index contributed by atoms with van der Waals surface area (Å²) in [6.45, 7) is 3.86. The molecule has 3 rings (SSSR count). The molecular weight excluding hydrogens is 238 g/mol. The van der Waals surface area contributed by atoms with Gasteiger partial charge in [0.25, 0.3) is 0 Å². The topological polar surface area (TPSA) is 47.0 Å². The molecule has 3 unspecified atom stereocenters. The summed E-state index contributed by atoms with van der Waals surface area (Å²) in [4.78, 5) is 8.74. The Labute approximate surface area is 106 Å². The van der Waals surface area contributed by atoms with Crippen molar-refractivity contribution in [1.29, 1.82) is 0 Å². The molecule has 0 radical (unpaired) electrons. The normalized spacial score (nSPS) is 30.9. The van der Waals surface area contributed by atoms with Gasteiger partial charge in [0.2, 0.25) is 0 Å². The van der Waals surface area contributed by atoms with Gasteiger partial charge in [-0.15, -0.1) is 0 Å². The molecule has 3 atom stereocenters. The zero-order chi connectivity index (χ0) is 12.0. The van der Waals surface area contributed by atoms with E-state index in [0.29, 0.717) is 29.2 Å². The van der Waals surface area contributed by atoms with E-state index in [2.05, 4.69) is 15.3 Å². The SMILES string of the molecule is Cc1nc(Cl)c(NC2CC3CCC2O3)nc1C. The molecule has 92 valence electrons. The van der Waals surface area contributed by atoms with Crippen molar-refractivity contribution < 1.29 is 4.74 Å². The van der Waals surface area contributed by atoms with E-state index < -0.39 is 0 Å². The van der Waals surface area contributed by atoms with Gasteiger partial charge in [-0.2, -0.15) is 0 Å². The van der Waals surface area contributed by atoms with Gasteiger partial charge in [0.05, 0.1) is 29.6 Å². The second-order valence-electron chi connectivity index (χ2n) is 4.89. The van der Waals surface area contributed by atoms with Crippen molar-refractivity contribution in [1.82, 2.24) is 9.97 Å². The average Bonchev–Trinajstić information content (AvgIpc) is 2.87. The van der Waals surface area contributed by atoms with Crippen LogP contribution in [0.15, 0.2) is 0 Å². The number of halogens is 1. The number of anilines is 1. The molecular formula is C12H16ClN3O. The predicted octanol–water partition coefficient (Wildman–Crippen LogP) is 2.48. The molecule has 4 nitrogen and oxygen atoms in total. The Bertz CT molecular complexity index is 452. The van der Waals surface area contributed by atoms with Gasteiger partial charge in [-0.1, -0.05) is 11.6 Å². The number of fused-ring (bicyclic) bond motifs is 2. The minimum atomic E-state index is 0.319. The first-order valence-corrected chi connectivity index (χ1v) is 6.44. The molecule has 2 saturated heterocycles. The molecule has 3 heterocycles. The Morgan fingerprint density at radius 1 is 1.24 bits per heavy atom. The summed E-state index contributed by atoms with van der Waals surface area (Å²) < 4.78 is 5.80. The minimum Gasteiger partial charge on any atom is -0.373 e. The van der Waals surface area contributed by atoms with Crippen LogP contribution < -0.4 is 5.32 Å². The highest BCUT2D eigenvalue weighted by molar-refractivity contribution is 6.31. The largest absolute Gasteiger partial charge is 0.373 e. The van der Waals surface area contributed by atoms with E-state index in [1.807, 2.05) is 13.8 Å². The summed E-state index contributed by atoms with van der Waals surface area (Å²) in [6, 6.07) is 0.336. The van der Waals surface area contributed by atoms with Crippen LogP contribution >= 0.6 is 11.6 Å². The third-order valence-corrected chi connectivity index (χ3v) is 3.96. The highest BCUT2D eigenvalue weighted by Crippen LogP contribution is 2.36. The molecule has 0 aliphatic carbocycles. The first-order chi connectivity index (χ1) is 8.13. The maximum Gasteiger partial charge on any atom is 0.171 e. The smallest absolute Gasteiger partial charge is 0.171 e. The maximum absolute atomic E-state index is 6.11. The summed E-state index contributed by atoms with van der Waals surface area (Å²) >= 11 is 6.11. The Morgan fingerprint density at radius 3 is 2.65 bits per heavy atom. The summed E-state index contributed by atoms with van der Waals surface area (Å²) in [5.74, 6) is 0.691. The van der Waals surface area contributed by atoms with Crippen molar-refractivity contribution in [2.24, 2.45) is 0 Å². The lowest BCUT2D eigenvalue weighted by atomic mass is 9.95. The second-order valence-corrected chi connectivity index (χ2v) is 5.25. The predicted molar refractivity (Wildman–Crippen MR) is 66.4 cm³/mol. The number of rotatable bonds is 2. The first kappa shape index (κ1) is 11.2. The van der Waals surface area contributed by atoms with Crippen LogP contribution in [0.3, 0.4) is 0 Å². The molecule has 0 amide bonds. The monoisotopic (exact) mass is 253 g/mol. The Hall–Kier alpha value is -0.870. The quantitative estimate of drug-likeness (QED) is 0.880. The highest BCUT2D eigenvalue weighted by Gasteiger charge is 2.41. The summed E-state index contributed by atoms with van der Waals surface area (Å²) in [5.41, 5.74) is 1.80. The Kier molecular flexibility index (Phi) is 2.71. The molecule has 0 spiro atoms. The standard InChI is InChI=1S/C12H16ClN3O/c1-6-7(2)15-12(11(13)14-6)16-9-5-8-3-4-10(9)17-8/h8-10H,3-5H2,1-2H3,(H,15,16). The lowest BCUT2D eigenvalue weighted by Gasteiger charge is -2.21. The fourth-order valence-electron chi connectivity index (χ4n) is 2.63. The number of ether oxygens (including phenoxy) is 1. The molecule has 0 aromatic carbocycles. The van der Waals surface area contributed by atoms with Crippen LogP contribution in [-0.2, 0) is 4.74 Å². The van der Waals surface area contributed by atoms with E-state index in [-0.39, 0.29) is 0 Å². The van der Waals surface area contributed by atoms with Gasteiger partial charge in [-0.05, 0) is 33.1 Å². The molecule has 2 fully saturated rings. The lowest BCUT2D eigenvalue weighted by Crippen LogP contribution is -2.31. The van der Waals surface area contributed by atoms with Crippen LogP contribution in [0, 0.1) is 13.8 Å². The number of nitrogens with one attached hydrogen (secondary N) is 1. The first-order valence-electron chi connectivity index (χ1n) is 6.06. The average molecular weight is 254 g/mol. The van der Waals surface area contributed by atoms with Gasteiger partial charge in [0, 0.05) is 0 Å².